The number of aryl methyl sites for hydroxylation is 2. The molecule has 5 aromatic carbocycles. The summed E-state index contributed by atoms with van der Waals surface area (Å²) in [5.74, 6) is -5.81. The second kappa shape index (κ2) is 29.8. The number of carbonyl (C=O) groups excluding carboxylic acids is 5. The Kier molecular flexibility index (Phi) is 23.6. The van der Waals surface area contributed by atoms with Gasteiger partial charge in [0.05, 0.1) is 5.56 Å². The normalized spacial score (nSPS) is 22.0. The van der Waals surface area contributed by atoms with Gasteiger partial charge in [-0.25, -0.2) is 79.0 Å². The van der Waals surface area contributed by atoms with Gasteiger partial charge in [-0.3, -0.25) is 0 Å². The van der Waals surface area contributed by atoms with Crippen molar-refractivity contribution in [3.05, 3.63) is 149 Å². The fraction of sp³-hybridized carbons (Fsp3) is 0.271. The lowest BCUT2D eigenvalue weighted by atomic mass is 10.2. The Bertz CT molecular complexity index is 3990. The molecule has 41 heteroatoms. The van der Waals surface area contributed by atoms with Crippen molar-refractivity contribution in [2.75, 3.05) is 33.0 Å². The fourth-order valence-corrected chi connectivity index (χ4v) is 10.1. The van der Waals surface area contributed by atoms with E-state index in [1.165, 1.54) is 49.4 Å². The van der Waals surface area contributed by atoms with Crippen molar-refractivity contribution in [1.82, 2.24) is 0 Å². The molecular weight excluding hydrogens is 1330 g/mol. The van der Waals surface area contributed by atoms with Crippen LogP contribution in [0.2, 0.25) is 0 Å². The van der Waals surface area contributed by atoms with Crippen molar-refractivity contribution in [1.29, 1.82) is 0 Å². The zero-order chi connectivity index (χ0) is 65.7. The van der Waals surface area contributed by atoms with Crippen molar-refractivity contribution in [2.45, 2.75) is 50.5 Å². The molecule has 0 N–H and O–H groups in total. The van der Waals surface area contributed by atoms with Crippen molar-refractivity contribution in [3.8, 4) is 28.7 Å². The lowest BCUT2D eigenvalue weighted by Gasteiger charge is -2.09. The zero-order valence-electron chi connectivity index (χ0n) is 44.4. The quantitative estimate of drug-likeness (QED) is 0.110. The van der Waals surface area contributed by atoms with Crippen LogP contribution in [0.4, 0.5) is 26.3 Å². The molecule has 30 nitrogen and oxygen atoms in total. The fourth-order valence-electron chi connectivity index (χ4n) is 6.25. The lowest BCUT2D eigenvalue weighted by molar-refractivity contribution is -0.142. The Morgan fingerprint density at radius 1 is 0.382 bits per heavy atom. The monoisotopic (exact) mass is 1370 g/mol. The highest BCUT2D eigenvalue weighted by atomic mass is 32.3. The molecule has 0 aromatic heterocycles. The first-order valence-electron chi connectivity index (χ1n) is 23.9. The van der Waals surface area contributed by atoms with E-state index in [0.29, 0.717) is 11.3 Å². The summed E-state index contributed by atoms with van der Waals surface area (Å²) in [6.45, 7) is 1.08. The third-order valence-corrected chi connectivity index (χ3v) is 14.9. The van der Waals surface area contributed by atoms with E-state index in [0.717, 1.165) is 54.1 Å². The molecular formula is C48H40F6O30S5. The van der Waals surface area contributed by atoms with E-state index < -0.39 is 168 Å². The molecule has 5 fully saturated rings. The van der Waals surface area contributed by atoms with Gasteiger partial charge in [0.1, 0.15) is 79.2 Å². The number of carbonyl (C=O) groups is 5. The van der Waals surface area contributed by atoms with Crippen LogP contribution in [-0.4, -0.2) is 135 Å². The number of hydrogen-bond acceptors (Lipinski definition) is 30. The SMILES string of the molecule is Cc1cc(OC(=O)C2COS(=O)(=O)O2)ccc1F.Cc1ccccc1OC(=O)C1COS(=O)(=O)O1.O=C(Oc1ccc(C(F)(F)F)cc1)C1COS(=O)(=O)O1.O=C(Oc1ccc(F)cc1)C1COS(=O)(=O)O1.O=C(Oc1cccc(F)c1)C1COS(=O)(=O)O1. The molecule has 0 bridgehead atoms. The van der Waals surface area contributed by atoms with Gasteiger partial charge in [-0.1, -0.05) is 24.3 Å². The maximum atomic E-state index is 13.0. The van der Waals surface area contributed by atoms with Crippen LogP contribution in [0.15, 0.2) is 115 Å². The number of hydrogen-bond donors (Lipinski definition) is 0. The van der Waals surface area contributed by atoms with Crippen LogP contribution in [0.25, 0.3) is 0 Å². The number of benzene rings is 5. The van der Waals surface area contributed by atoms with Crippen molar-refractivity contribution in [2.24, 2.45) is 0 Å². The third kappa shape index (κ3) is 22.7. The number of esters is 5. The Morgan fingerprint density at radius 2 is 0.719 bits per heavy atom. The summed E-state index contributed by atoms with van der Waals surface area (Å²) in [4.78, 5) is 57.3. The predicted octanol–water partition coefficient (Wildman–Crippen LogP) is 3.31. The molecule has 5 aliphatic rings. The summed E-state index contributed by atoms with van der Waals surface area (Å²) in [6, 6.07) is 23.5. The lowest BCUT2D eigenvalue weighted by Crippen LogP contribution is -2.28. The summed E-state index contributed by atoms with van der Waals surface area (Å²) in [6.07, 6.45) is -11.2. The average Bonchev–Trinajstić information content (AvgIpc) is 4.32. The van der Waals surface area contributed by atoms with Gasteiger partial charge < -0.3 is 23.7 Å². The molecule has 5 saturated heterocycles. The van der Waals surface area contributed by atoms with Gasteiger partial charge in [-0.2, -0.15) is 55.3 Å². The van der Waals surface area contributed by atoms with Crippen LogP contribution in [0, 0.1) is 31.3 Å². The van der Waals surface area contributed by atoms with Gasteiger partial charge in [-0.15, -0.1) is 0 Å². The highest BCUT2D eigenvalue weighted by Gasteiger charge is 2.41. The van der Waals surface area contributed by atoms with Crippen LogP contribution in [0.5, 0.6) is 28.7 Å². The summed E-state index contributed by atoms with van der Waals surface area (Å²) in [7, 11) is -20.6. The summed E-state index contributed by atoms with van der Waals surface area (Å²) in [5.41, 5.74) is 0.166. The summed E-state index contributed by atoms with van der Waals surface area (Å²) in [5, 5.41) is 0. The van der Waals surface area contributed by atoms with Crippen LogP contribution in [-0.2, 0) is 124 Å². The van der Waals surface area contributed by atoms with Gasteiger partial charge in [0.15, 0.2) is 0 Å². The third-order valence-electron chi connectivity index (χ3n) is 10.4. The van der Waals surface area contributed by atoms with E-state index in [1.807, 2.05) is 0 Å². The molecule has 0 spiro atoms. The van der Waals surface area contributed by atoms with E-state index in [1.54, 1.807) is 31.2 Å². The highest BCUT2D eigenvalue weighted by Crippen LogP contribution is 2.31. The minimum atomic E-state index is -4.50. The highest BCUT2D eigenvalue weighted by molar-refractivity contribution is 7.83. The Hall–Kier alpha value is -7.62. The van der Waals surface area contributed by atoms with Gasteiger partial charge in [0.2, 0.25) is 30.5 Å². The topological polar surface area (TPSA) is 394 Å². The molecule has 0 radical (unpaired) electrons. The van der Waals surface area contributed by atoms with E-state index in [-0.39, 0.29) is 29.6 Å². The molecule has 0 amide bonds. The molecule has 484 valence electrons. The Balaban J connectivity index is 0.000000178. The molecule has 5 unspecified atom stereocenters. The van der Waals surface area contributed by atoms with E-state index >= 15 is 0 Å². The molecule has 0 saturated carbocycles. The van der Waals surface area contributed by atoms with Gasteiger partial charge in [0, 0.05) is 6.07 Å². The zero-order valence-corrected chi connectivity index (χ0v) is 48.5. The molecule has 10 rings (SSSR count). The Morgan fingerprint density at radius 3 is 1.06 bits per heavy atom. The summed E-state index contributed by atoms with van der Waals surface area (Å²) < 4.78 is 250. The van der Waals surface area contributed by atoms with Crippen LogP contribution < -0.4 is 23.7 Å². The first-order valence-corrected chi connectivity index (χ1v) is 30.6. The summed E-state index contributed by atoms with van der Waals surface area (Å²) >= 11 is 0. The number of ether oxygens (including phenoxy) is 5. The number of para-hydroxylation sites is 1. The van der Waals surface area contributed by atoms with Gasteiger partial charge in [0.25, 0.3) is 0 Å². The van der Waals surface area contributed by atoms with Crippen molar-refractivity contribution >= 4 is 81.8 Å². The van der Waals surface area contributed by atoms with Crippen molar-refractivity contribution in [3.63, 3.8) is 0 Å². The minimum Gasteiger partial charge on any atom is -0.425 e. The molecule has 5 aromatic rings. The number of rotatable bonds is 10. The maximum absolute atomic E-state index is 13.0. The van der Waals surface area contributed by atoms with Crippen LogP contribution in [0.1, 0.15) is 16.7 Å². The number of alkyl halides is 3. The van der Waals surface area contributed by atoms with E-state index in [2.05, 4.69) is 46.6 Å². The van der Waals surface area contributed by atoms with Crippen molar-refractivity contribution < 1.29 is 158 Å². The maximum Gasteiger partial charge on any atom is 0.416 e. The molecule has 5 atom stereocenters. The molecule has 5 heterocycles. The standard InChI is InChI=1S/C10H7F3O6S.C10H9FO6S.C10H10O6S.2C9H7FO6S/c11-10(12,13)6-1-3-7(4-2-6)18-9(14)8-5-17-20(15,16)19-8;1-6-4-7(2-3-8(6)11)16-10(12)9-5-15-18(13,14)17-9;1-7-4-2-3-5-8(7)15-10(11)9-6-14-17(12,13)16-9;10-6-1-3-7(4-2-6)15-9(11)8-5-14-17(12,13)16-8;10-6-2-1-3-7(4-6)15-9(11)8-5-14-17(12,13)16-8/h1-4,8H,5H2;2-4,9H,5H2,1H3;2-5,9H,6H2,1H3;2*1-4,8H,5H2. The van der Waals surface area contributed by atoms with Gasteiger partial charge in [-0.05, 0) is 110 Å². The molecule has 89 heavy (non-hydrogen) atoms. The minimum absolute atomic E-state index is 0.0390. The predicted molar refractivity (Wildman–Crippen MR) is 273 cm³/mol. The molecule has 0 aliphatic carbocycles. The molecule has 5 aliphatic heterocycles. The van der Waals surface area contributed by atoms with E-state index in [9.17, 15) is 92.4 Å². The van der Waals surface area contributed by atoms with E-state index in [4.69, 9.17) is 18.9 Å². The van der Waals surface area contributed by atoms with Gasteiger partial charge >= 0.3 is 88.0 Å². The second-order valence-corrected chi connectivity index (χ2v) is 23.3. The van der Waals surface area contributed by atoms with Crippen LogP contribution >= 0.6 is 0 Å². The smallest absolute Gasteiger partial charge is 0.416 e. The van der Waals surface area contributed by atoms with Crippen LogP contribution in [0.3, 0.4) is 0 Å². The first-order chi connectivity index (χ1) is 41.4. The number of halogens is 6. The largest absolute Gasteiger partial charge is 0.425 e. The second-order valence-electron chi connectivity index (χ2n) is 17.1. The Labute approximate surface area is 499 Å². The average molecular weight is 1370 g/mol. The first kappa shape index (κ1) is 70.5.